The maximum Gasteiger partial charge on any atom is 0.238 e. The Balaban J connectivity index is 2.07. The Hall–Kier alpha value is -1.66. The standard InChI is InChI=1S/C25H47F2N7O2/c1-5-35-14-13-34(29)25-31-23(15-21(28)11-8-12-22(26)27)30-19(3)24(32-25)33(4)16-18(2)36-17-20-9-6-7-10-20/h9,18-19,21-22,25H,5-8,10-17,28-29H2,1-4H3,(H,30,31)/t18?,19?,21-,25?/m0/s1. The van der Waals surface area contributed by atoms with Gasteiger partial charge < -0.3 is 25.4 Å². The predicted octanol–water partition coefficient (Wildman–Crippen LogP) is 2.87. The molecule has 0 radical (unpaired) electrons. The minimum atomic E-state index is -2.31. The summed E-state index contributed by atoms with van der Waals surface area (Å²) in [5.74, 6) is 7.82. The van der Waals surface area contributed by atoms with Gasteiger partial charge in [0.1, 0.15) is 17.7 Å². The quantitative estimate of drug-likeness (QED) is 0.125. The summed E-state index contributed by atoms with van der Waals surface area (Å²) in [6.07, 6.45) is 4.07. The average molecular weight is 516 g/mol. The topological polar surface area (TPSA) is 114 Å². The molecule has 2 rings (SSSR count). The molecule has 0 aromatic heterocycles. The van der Waals surface area contributed by atoms with E-state index in [0.717, 1.165) is 18.7 Å². The molecule has 2 aliphatic rings. The zero-order valence-corrected chi connectivity index (χ0v) is 22.5. The van der Waals surface area contributed by atoms with Gasteiger partial charge in [-0.1, -0.05) is 6.08 Å². The number of hydrogen-bond acceptors (Lipinski definition) is 9. The molecule has 0 spiro atoms. The number of rotatable bonds is 16. The Kier molecular flexibility index (Phi) is 13.8. The second-order valence-electron chi connectivity index (χ2n) is 9.73. The van der Waals surface area contributed by atoms with E-state index in [1.807, 2.05) is 20.9 Å². The van der Waals surface area contributed by atoms with E-state index in [9.17, 15) is 8.78 Å². The van der Waals surface area contributed by atoms with E-state index in [1.54, 1.807) is 5.01 Å². The molecule has 208 valence electrons. The van der Waals surface area contributed by atoms with E-state index < -0.39 is 12.7 Å². The lowest BCUT2D eigenvalue weighted by Crippen LogP contribution is -2.52. The molecule has 3 unspecified atom stereocenters. The Morgan fingerprint density at radius 1 is 1.28 bits per heavy atom. The van der Waals surface area contributed by atoms with Gasteiger partial charge in [0.25, 0.3) is 0 Å². The summed E-state index contributed by atoms with van der Waals surface area (Å²) < 4.78 is 36.6. The van der Waals surface area contributed by atoms with Gasteiger partial charge in [-0.05, 0) is 58.4 Å². The molecule has 0 aromatic carbocycles. The minimum Gasteiger partial charge on any atom is -0.380 e. The van der Waals surface area contributed by atoms with E-state index in [2.05, 4.69) is 23.2 Å². The molecule has 0 fully saturated rings. The molecule has 5 N–H and O–H groups in total. The molecular formula is C25H47F2N7O2. The third kappa shape index (κ3) is 11.2. The summed E-state index contributed by atoms with van der Waals surface area (Å²) in [7, 11) is 1.98. The predicted molar refractivity (Wildman–Crippen MR) is 141 cm³/mol. The van der Waals surface area contributed by atoms with E-state index in [1.165, 1.54) is 12.0 Å². The van der Waals surface area contributed by atoms with Gasteiger partial charge in [-0.25, -0.2) is 18.8 Å². The molecular weight excluding hydrogens is 468 g/mol. The number of alkyl halides is 2. The highest BCUT2D eigenvalue weighted by atomic mass is 19.3. The number of likely N-dealkylation sites (N-methyl/N-ethyl adjacent to an activating group) is 1. The highest BCUT2D eigenvalue weighted by Gasteiger charge is 2.27. The number of amidine groups is 2. The first-order chi connectivity index (χ1) is 17.2. The van der Waals surface area contributed by atoms with Gasteiger partial charge in [0.05, 0.1) is 19.3 Å². The number of nitrogens with two attached hydrogens (primary N) is 2. The monoisotopic (exact) mass is 515 g/mol. The normalized spacial score (nSPS) is 22.1. The molecule has 0 bridgehead atoms. The van der Waals surface area contributed by atoms with Crippen molar-refractivity contribution in [2.75, 3.05) is 40.0 Å². The highest BCUT2D eigenvalue weighted by molar-refractivity contribution is 5.93. The van der Waals surface area contributed by atoms with Crippen molar-refractivity contribution in [3.63, 3.8) is 0 Å². The number of hydrazine groups is 1. The van der Waals surface area contributed by atoms with Crippen molar-refractivity contribution in [1.29, 1.82) is 0 Å². The Bertz CT molecular complexity index is 735. The van der Waals surface area contributed by atoms with Crippen LogP contribution in [0.25, 0.3) is 0 Å². The summed E-state index contributed by atoms with van der Waals surface area (Å²) in [6.45, 7) is 8.86. The molecule has 0 aromatic rings. The van der Waals surface area contributed by atoms with Crippen LogP contribution in [0.15, 0.2) is 21.6 Å². The lowest BCUT2D eigenvalue weighted by Gasteiger charge is -2.29. The third-order valence-electron chi connectivity index (χ3n) is 6.35. The lowest BCUT2D eigenvalue weighted by atomic mass is 10.1. The fourth-order valence-corrected chi connectivity index (χ4v) is 4.40. The smallest absolute Gasteiger partial charge is 0.238 e. The number of hydrogen-bond donors (Lipinski definition) is 3. The van der Waals surface area contributed by atoms with Crippen LogP contribution in [0.4, 0.5) is 8.78 Å². The van der Waals surface area contributed by atoms with Crippen LogP contribution in [0, 0.1) is 0 Å². The van der Waals surface area contributed by atoms with E-state index in [4.69, 9.17) is 31.0 Å². The summed E-state index contributed by atoms with van der Waals surface area (Å²) in [5.41, 5.74) is 7.63. The number of nitrogens with one attached hydrogen (secondary N) is 1. The molecule has 0 amide bonds. The van der Waals surface area contributed by atoms with Crippen molar-refractivity contribution >= 4 is 11.7 Å². The van der Waals surface area contributed by atoms with Crippen LogP contribution < -0.4 is 16.9 Å². The first kappa shape index (κ1) is 30.6. The average Bonchev–Trinajstić information content (AvgIpc) is 3.27. The zero-order chi connectivity index (χ0) is 26.5. The van der Waals surface area contributed by atoms with Gasteiger partial charge in [-0.3, -0.25) is 10.8 Å². The van der Waals surface area contributed by atoms with Gasteiger partial charge in [-0.15, -0.1) is 0 Å². The van der Waals surface area contributed by atoms with Crippen molar-refractivity contribution in [1.82, 2.24) is 15.2 Å². The Morgan fingerprint density at radius 3 is 2.72 bits per heavy atom. The Morgan fingerprint density at radius 2 is 2.06 bits per heavy atom. The molecule has 4 atom stereocenters. The molecule has 1 aliphatic carbocycles. The van der Waals surface area contributed by atoms with Gasteiger partial charge in [0.15, 0.2) is 6.29 Å². The van der Waals surface area contributed by atoms with E-state index in [-0.39, 0.29) is 24.6 Å². The van der Waals surface area contributed by atoms with Gasteiger partial charge in [0, 0.05) is 45.6 Å². The van der Waals surface area contributed by atoms with Crippen LogP contribution in [-0.2, 0) is 9.47 Å². The zero-order valence-electron chi connectivity index (χ0n) is 22.5. The second-order valence-corrected chi connectivity index (χ2v) is 9.73. The van der Waals surface area contributed by atoms with Crippen LogP contribution >= 0.6 is 0 Å². The summed E-state index contributed by atoms with van der Waals surface area (Å²) in [4.78, 5) is 11.8. The molecule has 0 saturated carbocycles. The van der Waals surface area contributed by atoms with Crippen LogP contribution in [0.1, 0.15) is 65.7 Å². The number of nitrogens with zero attached hydrogens (tertiary/aromatic N) is 4. The summed E-state index contributed by atoms with van der Waals surface area (Å²) >= 11 is 0. The fraction of sp³-hybridized carbons (Fsp3) is 0.840. The number of halogens is 2. The Labute approximate surface area is 215 Å². The van der Waals surface area contributed by atoms with E-state index >= 15 is 0 Å². The van der Waals surface area contributed by atoms with Crippen LogP contribution in [-0.4, -0.2) is 92.4 Å². The molecule has 11 heteroatoms. The fourth-order valence-electron chi connectivity index (χ4n) is 4.40. The van der Waals surface area contributed by atoms with Crippen molar-refractivity contribution in [2.45, 2.75) is 96.6 Å². The molecule has 0 saturated heterocycles. The van der Waals surface area contributed by atoms with Crippen molar-refractivity contribution in [3.05, 3.63) is 11.6 Å². The maximum absolute atomic E-state index is 12.5. The second kappa shape index (κ2) is 16.2. The largest absolute Gasteiger partial charge is 0.380 e. The van der Waals surface area contributed by atoms with Gasteiger partial charge in [0.2, 0.25) is 6.43 Å². The van der Waals surface area contributed by atoms with Crippen molar-refractivity contribution < 1.29 is 18.3 Å². The van der Waals surface area contributed by atoms with Crippen LogP contribution in [0.3, 0.4) is 0 Å². The number of aliphatic imine (C=N–C) groups is 2. The van der Waals surface area contributed by atoms with Gasteiger partial charge in [-0.2, -0.15) is 0 Å². The first-order valence-corrected chi connectivity index (χ1v) is 13.2. The maximum atomic E-state index is 12.5. The molecule has 1 heterocycles. The molecule has 36 heavy (non-hydrogen) atoms. The minimum absolute atomic E-state index is 0.0136. The molecule has 9 nitrogen and oxygen atoms in total. The van der Waals surface area contributed by atoms with E-state index in [0.29, 0.717) is 58.0 Å². The van der Waals surface area contributed by atoms with Crippen LogP contribution in [0.5, 0.6) is 0 Å². The van der Waals surface area contributed by atoms with Crippen LogP contribution in [0.2, 0.25) is 0 Å². The molecule has 1 aliphatic heterocycles. The summed E-state index contributed by atoms with van der Waals surface area (Å²) in [6, 6.07) is -0.518. The third-order valence-corrected chi connectivity index (χ3v) is 6.35. The first-order valence-electron chi connectivity index (χ1n) is 13.2. The van der Waals surface area contributed by atoms with Crippen molar-refractivity contribution in [2.24, 2.45) is 21.6 Å². The number of ether oxygens (including phenoxy) is 2. The summed E-state index contributed by atoms with van der Waals surface area (Å²) in [5, 5.41) is 4.91. The van der Waals surface area contributed by atoms with Gasteiger partial charge >= 0.3 is 0 Å². The highest BCUT2D eigenvalue weighted by Crippen LogP contribution is 2.18. The lowest BCUT2D eigenvalue weighted by molar-refractivity contribution is 0.0685. The number of allylic oxidation sites excluding steroid dienone is 1. The van der Waals surface area contributed by atoms with Crippen molar-refractivity contribution in [3.8, 4) is 0 Å². The SMILES string of the molecule is CCOCCN(N)C1N=C(N(C)CC(C)OCC2=CCCC2)C(C)N=C(C[C@@H](N)CCCC(F)F)N1.